The highest BCUT2D eigenvalue weighted by Gasteiger charge is 1.92. The first-order chi connectivity index (χ1) is 5.18. The van der Waals surface area contributed by atoms with Crippen molar-refractivity contribution in [1.82, 2.24) is 0 Å². The minimum Gasteiger partial charge on any atom is -1.00 e. The van der Waals surface area contributed by atoms with Crippen LogP contribution in [0.2, 0.25) is 0 Å². The molecular weight excluding hydrogens is 177 g/mol. The van der Waals surface area contributed by atoms with Crippen molar-refractivity contribution in [3.05, 3.63) is 35.6 Å². The second-order valence-corrected chi connectivity index (χ2v) is 2.64. The van der Waals surface area contributed by atoms with E-state index >= 15 is 0 Å². The van der Waals surface area contributed by atoms with E-state index in [2.05, 4.69) is 0 Å². The van der Waals surface area contributed by atoms with E-state index in [1.807, 2.05) is 24.9 Å². The van der Waals surface area contributed by atoms with E-state index in [0.717, 1.165) is 5.56 Å². The largest absolute Gasteiger partial charge is 1.00 e. The summed E-state index contributed by atoms with van der Waals surface area (Å²) in [5.41, 5.74) is 1.01. The van der Waals surface area contributed by atoms with Gasteiger partial charge in [0.2, 0.25) is 0 Å². The fourth-order valence-electron chi connectivity index (χ4n) is 0.847. The molecule has 0 aliphatic carbocycles. The Kier molecular flexibility index (Phi) is 4.52. The van der Waals surface area contributed by atoms with Crippen LogP contribution in [0.1, 0.15) is 5.56 Å². The van der Waals surface area contributed by atoms with Crippen molar-refractivity contribution < 1.29 is 21.4 Å². The SMILES string of the molecule is C[N+](C)=Cc1ccc(F)cc1.[Cl-]. The normalized spacial score (nSPS) is 8.58. The number of hydrogen-bond donors (Lipinski definition) is 0. The molecule has 0 N–H and O–H groups in total. The molecule has 0 unspecified atom stereocenters. The lowest BCUT2D eigenvalue weighted by molar-refractivity contribution is -0.458. The molecule has 0 aliphatic rings. The molecule has 0 fully saturated rings. The number of halogens is 2. The molecule has 0 heterocycles. The Hall–Kier alpha value is -0.890. The van der Waals surface area contributed by atoms with Gasteiger partial charge in [-0.1, -0.05) is 0 Å². The molecule has 1 rings (SSSR count). The summed E-state index contributed by atoms with van der Waals surface area (Å²) in [6.45, 7) is 0. The Morgan fingerprint density at radius 2 is 1.67 bits per heavy atom. The van der Waals surface area contributed by atoms with E-state index < -0.39 is 0 Å². The molecule has 0 radical (unpaired) electrons. The highest BCUT2D eigenvalue weighted by molar-refractivity contribution is 5.75. The van der Waals surface area contributed by atoms with Gasteiger partial charge in [-0.15, -0.1) is 0 Å². The third-order valence-corrected chi connectivity index (χ3v) is 1.28. The van der Waals surface area contributed by atoms with Gasteiger partial charge in [0.1, 0.15) is 19.9 Å². The van der Waals surface area contributed by atoms with Crippen molar-refractivity contribution in [3.8, 4) is 0 Å². The molecule has 0 aliphatic heterocycles. The lowest BCUT2D eigenvalue weighted by Crippen LogP contribution is -3.00. The summed E-state index contributed by atoms with van der Waals surface area (Å²) >= 11 is 0. The van der Waals surface area contributed by atoms with Crippen LogP contribution in [0.4, 0.5) is 4.39 Å². The fourth-order valence-corrected chi connectivity index (χ4v) is 0.847. The van der Waals surface area contributed by atoms with E-state index in [0.29, 0.717) is 0 Å². The molecule has 0 saturated heterocycles. The number of hydrogen-bond acceptors (Lipinski definition) is 0. The van der Waals surface area contributed by atoms with Crippen molar-refractivity contribution in [1.29, 1.82) is 0 Å². The highest BCUT2D eigenvalue weighted by Crippen LogP contribution is 1.98. The first-order valence-electron chi connectivity index (χ1n) is 3.45. The Morgan fingerprint density at radius 1 is 1.17 bits per heavy atom. The summed E-state index contributed by atoms with van der Waals surface area (Å²) in [5, 5.41) is 0. The van der Waals surface area contributed by atoms with Crippen LogP contribution in [-0.2, 0) is 0 Å². The molecule has 3 heteroatoms. The average Bonchev–Trinajstić information content (AvgIpc) is 1.93. The van der Waals surface area contributed by atoms with Crippen molar-refractivity contribution >= 4 is 6.21 Å². The van der Waals surface area contributed by atoms with Crippen LogP contribution >= 0.6 is 0 Å². The zero-order valence-corrected chi connectivity index (χ0v) is 7.85. The van der Waals surface area contributed by atoms with Crippen LogP contribution in [0.25, 0.3) is 0 Å². The van der Waals surface area contributed by atoms with Gasteiger partial charge in [-0.05, 0) is 24.3 Å². The molecule has 0 bridgehead atoms. The Balaban J connectivity index is 0.00000121. The van der Waals surface area contributed by atoms with E-state index in [-0.39, 0.29) is 18.2 Å². The molecule has 12 heavy (non-hydrogen) atoms. The van der Waals surface area contributed by atoms with E-state index in [9.17, 15) is 4.39 Å². The average molecular weight is 188 g/mol. The van der Waals surface area contributed by atoms with Crippen molar-refractivity contribution in [2.45, 2.75) is 0 Å². The minimum absolute atomic E-state index is 0. The van der Waals surface area contributed by atoms with Gasteiger partial charge in [0.05, 0.1) is 0 Å². The van der Waals surface area contributed by atoms with Gasteiger partial charge in [0, 0.05) is 5.56 Å². The van der Waals surface area contributed by atoms with Crippen LogP contribution in [-0.4, -0.2) is 24.9 Å². The van der Waals surface area contributed by atoms with Gasteiger partial charge in [-0.2, -0.15) is 0 Å². The minimum atomic E-state index is -0.194. The van der Waals surface area contributed by atoms with Gasteiger partial charge >= 0.3 is 0 Å². The summed E-state index contributed by atoms with van der Waals surface area (Å²) in [4.78, 5) is 0. The fraction of sp³-hybridized carbons (Fsp3) is 0.222. The lowest BCUT2D eigenvalue weighted by atomic mass is 10.2. The summed E-state index contributed by atoms with van der Waals surface area (Å²) < 4.78 is 14.3. The summed E-state index contributed by atoms with van der Waals surface area (Å²) in [6, 6.07) is 6.40. The molecule has 0 atom stereocenters. The topological polar surface area (TPSA) is 3.01 Å². The van der Waals surface area contributed by atoms with Gasteiger partial charge in [-0.3, -0.25) is 0 Å². The molecule has 1 aromatic rings. The molecule has 0 amide bonds. The van der Waals surface area contributed by atoms with E-state index in [1.165, 1.54) is 12.1 Å². The smallest absolute Gasteiger partial charge is 0.170 e. The summed E-state index contributed by atoms with van der Waals surface area (Å²) in [7, 11) is 3.87. The maximum absolute atomic E-state index is 12.4. The number of rotatable bonds is 1. The Morgan fingerprint density at radius 3 is 2.08 bits per heavy atom. The predicted molar refractivity (Wildman–Crippen MR) is 43.7 cm³/mol. The second-order valence-electron chi connectivity index (χ2n) is 2.64. The number of nitrogens with zero attached hydrogens (tertiary/aromatic N) is 1. The zero-order chi connectivity index (χ0) is 8.27. The third kappa shape index (κ3) is 3.49. The van der Waals surface area contributed by atoms with Gasteiger partial charge < -0.3 is 12.4 Å². The third-order valence-electron chi connectivity index (χ3n) is 1.28. The van der Waals surface area contributed by atoms with Crippen molar-refractivity contribution in [2.24, 2.45) is 0 Å². The van der Waals surface area contributed by atoms with Crippen LogP contribution in [0, 0.1) is 5.82 Å². The quantitative estimate of drug-likeness (QED) is 0.373. The molecule has 1 nitrogen and oxygen atoms in total. The molecular formula is C9H11ClFN. The van der Waals surface area contributed by atoms with Gasteiger partial charge in [0.25, 0.3) is 0 Å². The zero-order valence-electron chi connectivity index (χ0n) is 7.09. The van der Waals surface area contributed by atoms with Crippen LogP contribution < -0.4 is 12.4 Å². The lowest BCUT2D eigenvalue weighted by Gasteiger charge is -1.89. The van der Waals surface area contributed by atoms with Crippen molar-refractivity contribution in [3.63, 3.8) is 0 Å². The standard InChI is InChI=1S/C9H11FN.ClH/c1-11(2)7-8-3-5-9(10)6-4-8;/h3-7H,1-2H3;1H/q+1;/p-1. The highest BCUT2D eigenvalue weighted by atomic mass is 35.5. The van der Waals surface area contributed by atoms with E-state index in [4.69, 9.17) is 0 Å². The first-order valence-corrected chi connectivity index (χ1v) is 3.45. The summed E-state index contributed by atoms with van der Waals surface area (Å²) in [6.07, 6.45) is 1.93. The molecule has 66 valence electrons. The van der Waals surface area contributed by atoms with Crippen molar-refractivity contribution in [2.75, 3.05) is 14.1 Å². The van der Waals surface area contributed by atoms with Gasteiger partial charge in [0.15, 0.2) is 6.21 Å². The van der Waals surface area contributed by atoms with Crippen LogP contribution in [0.3, 0.4) is 0 Å². The second kappa shape index (κ2) is 4.88. The maximum atomic E-state index is 12.4. The monoisotopic (exact) mass is 187 g/mol. The Labute approximate surface area is 78.0 Å². The Bertz CT molecular complexity index is 262. The molecule has 1 aromatic carbocycles. The van der Waals surface area contributed by atoms with Gasteiger partial charge in [-0.25, -0.2) is 8.97 Å². The number of benzene rings is 1. The maximum Gasteiger partial charge on any atom is 0.170 e. The van der Waals surface area contributed by atoms with Crippen LogP contribution in [0.15, 0.2) is 24.3 Å². The molecule has 0 spiro atoms. The molecule has 0 aromatic heterocycles. The summed E-state index contributed by atoms with van der Waals surface area (Å²) in [5.74, 6) is -0.194. The van der Waals surface area contributed by atoms with Crippen LogP contribution in [0.5, 0.6) is 0 Å². The predicted octanol–water partition coefficient (Wildman–Crippen LogP) is -1.48. The first kappa shape index (κ1) is 11.1. The molecule has 0 saturated carbocycles. The van der Waals surface area contributed by atoms with E-state index in [1.54, 1.807) is 12.1 Å².